The number of nitrogens with one attached hydrogen (secondary N) is 1. The molecule has 4 rings (SSSR count). The van der Waals surface area contributed by atoms with Crippen LogP contribution in [0, 0.1) is 0 Å². The van der Waals surface area contributed by atoms with Crippen molar-refractivity contribution in [2.75, 3.05) is 12.3 Å². The molecule has 0 aromatic heterocycles. The maximum atomic E-state index is 14.0. The number of nitrogens with zero attached hydrogens (tertiary/aromatic N) is 1. The lowest BCUT2D eigenvalue weighted by Crippen LogP contribution is -2.52. The largest absolute Gasteiger partial charge is 0.480 e. The maximum absolute atomic E-state index is 14.0. The number of carbonyl (C=O) groups is 3. The first-order valence-electron chi connectivity index (χ1n) is 14.6. The molecule has 2 aromatic rings. The SMILES string of the molecule is CC(C)(C)OC(=O)NC1CCCCCCC=CCSC2(c3ccc(-c4ccccc4)cc3)CC(C(=O)O)N(C2)C1=O. The minimum absolute atomic E-state index is 0.249. The van der Waals surface area contributed by atoms with Crippen LogP contribution in [0.15, 0.2) is 66.7 Å². The van der Waals surface area contributed by atoms with Crippen LogP contribution in [0.2, 0.25) is 0 Å². The number of carboxylic acid groups (broad SMARTS) is 1. The lowest BCUT2D eigenvalue weighted by Gasteiger charge is -2.31. The van der Waals surface area contributed by atoms with Gasteiger partial charge in [-0.2, -0.15) is 0 Å². The van der Waals surface area contributed by atoms with Gasteiger partial charge in [0.15, 0.2) is 0 Å². The maximum Gasteiger partial charge on any atom is 0.408 e. The summed E-state index contributed by atoms with van der Waals surface area (Å²) >= 11 is 1.69. The van der Waals surface area contributed by atoms with E-state index in [0.717, 1.165) is 48.8 Å². The Morgan fingerprint density at radius 2 is 1.66 bits per heavy atom. The van der Waals surface area contributed by atoms with E-state index in [0.29, 0.717) is 12.2 Å². The number of amides is 2. The summed E-state index contributed by atoms with van der Waals surface area (Å²) in [5.41, 5.74) is 2.47. The highest BCUT2D eigenvalue weighted by Gasteiger charge is 2.51. The molecule has 1 saturated heterocycles. The van der Waals surface area contributed by atoms with Crippen molar-refractivity contribution in [2.45, 2.75) is 88.1 Å². The number of hydrogen-bond acceptors (Lipinski definition) is 5. The number of carboxylic acids is 1. The van der Waals surface area contributed by atoms with E-state index in [9.17, 15) is 19.5 Å². The lowest BCUT2D eigenvalue weighted by molar-refractivity contribution is -0.149. The normalized spacial score (nSPS) is 24.3. The molecular formula is C33H42N2O5S. The molecule has 3 atom stereocenters. The molecule has 2 heterocycles. The first-order valence-corrected chi connectivity index (χ1v) is 15.5. The van der Waals surface area contributed by atoms with Gasteiger partial charge in [0.25, 0.3) is 0 Å². The van der Waals surface area contributed by atoms with Gasteiger partial charge in [-0.05, 0) is 63.1 Å². The average Bonchev–Trinajstić information content (AvgIpc) is 3.33. The Balaban J connectivity index is 1.67. The standard InChI is InChI=1S/C33H42N2O5S/c1-32(2,3)40-31(39)34-27-16-12-7-5-4-6-8-13-21-41-33(22-28(30(37)38)35(23-33)29(27)36)26-19-17-25(18-20-26)24-14-10-9-11-15-24/h8-11,13-15,17-20,27-28H,4-7,12,16,21-23H2,1-3H3,(H,34,39)(H,37,38). The summed E-state index contributed by atoms with van der Waals surface area (Å²) in [6.45, 7) is 5.57. The molecule has 0 saturated carbocycles. The molecule has 8 heteroatoms. The van der Waals surface area contributed by atoms with Gasteiger partial charge in [-0.15, -0.1) is 11.8 Å². The second-order valence-corrected chi connectivity index (χ2v) is 13.3. The topological polar surface area (TPSA) is 95.9 Å². The number of ether oxygens (including phenoxy) is 1. The van der Waals surface area contributed by atoms with Gasteiger partial charge in [0, 0.05) is 12.3 Å². The van der Waals surface area contributed by atoms with Crippen LogP contribution in [0.4, 0.5) is 4.79 Å². The van der Waals surface area contributed by atoms with Crippen LogP contribution in [0.5, 0.6) is 0 Å². The second kappa shape index (κ2) is 13.6. The molecule has 7 nitrogen and oxygen atoms in total. The molecule has 1 fully saturated rings. The smallest absolute Gasteiger partial charge is 0.408 e. The fourth-order valence-corrected chi connectivity index (χ4v) is 6.94. The second-order valence-electron chi connectivity index (χ2n) is 11.9. The van der Waals surface area contributed by atoms with E-state index in [4.69, 9.17) is 4.74 Å². The highest BCUT2D eigenvalue weighted by Crippen LogP contribution is 2.48. The monoisotopic (exact) mass is 578 g/mol. The fourth-order valence-electron chi connectivity index (χ4n) is 5.58. The van der Waals surface area contributed by atoms with Gasteiger partial charge in [-0.3, -0.25) is 4.79 Å². The molecule has 3 unspecified atom stereocenters. The number of rotatable bonds is 4. The van der Waals surface area contributed by atoms with E-state index in [-0.39, 0.29) is 18.9 Å². The number of allylic oxidation sites excluding steroid dienone is 1. The summed E-state index contributed by atoms with van der Waals surface area (Å²) in [5.74, 6) is -0.680. The Bertz CT molecular complexity index is 1220. The van der Waals surface area contributed by atoms with Gasteiger partial charge in [0.1, 0.15) is 17.7 Å². The van der Waals surface area contributed by atoms with Crippen molar-refractivity contribution in [2.24, 2.45) is 0 Å². The molecule has 0 radical (unpaired) electrons. The molecule has 2 aliphatic heterocycles. The third kappa shape index (κ3) is 8.15. The van der Waals surface area contributed by atoms with Gasteiger partial charge < -0.3 is 20.1 Å². The Morgan fingerprint density at radius 3 is 2.34 bits per heavy atom. The minimum Gasteiger partial charge on any atom is -0.480 e. The van der Waals surface area contributed by atoms with Crippen molar-refractivity contribution < 1.29 is 24.2 Å². The predicted molar refractivity (Wildman–Crippen MR) is 164 cm³/mol. The van der Waals surface area contributed by atoms with Gasteiger partial charge in [-0.25, -0.2) is 9.59 Å². The van der Waals surface area contributed by atoms with Crippen LogP contribution in [0.25, 0.3) is 11.1 Å². The molecular weight excluding hydrogens is 536 g/mol. The summed E-state index contributed by atoms with van der Waals surface area (Å²) in [6.07, 6.45) is 9.20. The van der Waals surface area contributed by atoms with Crippen molar-refractivity contribution in [3.05, 3.63) is 72.3 Å². The van der Waals surface area contributed by atoms with Crippen molar-refractivity contribution in [1.82, 2.24) is 10.2 Å². The number of thioether (sulfide) groups is 1. The molecule has 220 valence electrons. The highest BCUT2D eigenvalue weighted by atomic mass is 32.2. The van der Waals surface area contributed by atoms with Gasteiger partial charge >= 0.3 is 12.1 Å². The lowest BCUT2D eigenvalue weighted by atomic mass is 9.93. The molecule has 2 amide bonds. The van der Waals surface area contributed by atoms with E-state index in [1.165, 1.54) is 4.90 Å². The van der Waals surface area contributed by atoms with Crippen molar-refractivity contribution in [1.29, 1.82) is 0 Å². The zero-order valence-electron chi connectivity index (χ0n) is 24.3. The van der Waals surface area contributed by atoms with Gasteiger partial charge in [0.2, 0.25) is 5.91 Å². The number of hydrogen-bond donors (Lipinski definition) is 2. The summed E-state index contributed by atoms with van der Waals surface area (Å²) in [6, 6.07) is 16.5. The number of benzene rings is 2. The molecule has 41 heavy (non-hydrogen) atoms. The van der Waals surface area contributed by atoms with E-state index in [1.807, 2.05) is 18.2 Å². The van der Waals surface area contributed by atoms with E-state index in [1.54, 1.807) is 32.5 Å². The average molecular weight is 579 g/mol. The molecule has 0 aliphatic carbocycles. The van der Waals surface area contributed by atoms with E-state index >= 15 is 0 Å². The fraction of sp³-hybridized carbons (Fsp3) is 0.485. The number of alkyl carbamates (subject to hydrolysis) is 1. The molecule has 0 spiro atoms. The van der Waals surface area contributed by atoms with Crippen LogP contribution in [-0.2, 0) is 19.1 Å². The van der Waals surface area contributed by atoms with Crippen LogP contribution in [-0.4, -0.2) is 58.0 Å². The predicted octanol–water partition coefficient (Wildman–Crippen LogP) is 6.77. The zero-order chi connectivity index (χ0) is 29.5. The summed E-state index contributed by atoms with van der Waals surface area (Å²) in [7, 11) is 0. The summed E-state index contributed by atoms with van der Waals surface area (Å²) in [4.78, 5) is 40.8. The third-order valence-electron chi connectivity index (χ3n) is 7.64. The first-order chi connectivity index (χ1) is 19.6. The quantitative estimate of drug-likeness (QED) is 0.389. The Morgan fingerprint density at radius 1 is 0.976 bits per heavy atom. The summed E-state index contributed by atoms with van der Waals surface area (Å²) < 4.78 is 4.85. The molecule has 2 N–H and O–H groups in total. The van der Waals surface area contributed by atoms with Crippen molar-refractivity contribution >= 4 is 29.7 Å². The van der Waals surface area contributed by atoms with Crippen LogP contribution < -0.4 is 5.32 Å². The van der Waals surface area contributed by atoms with Crippen LogP contribution >= 0.6 is 11.8 Å². The summed E-state index contributed by atoms with van der Waals surface area (Å²) in [5, 5.41) is 13.1. The van der Waals surface area contributed by atoms with E-state index in [2.05, 4.69) is 53.9 Å². The number of fused-ring (bicyclic) bond motifs is 2. The Labute approximate surface area is 247 Å². The van der Waals surface area contributed by atoms with Crippen LogP contribution in [0.3, 0.4) is 0 Å². The van der Waals surface area contributed by atoms with E-state index < -0.39 is 34.5 Å². The highest BCUT2D eigenvalue weighted by molar-refractivity contribution is 8.00. The molecule has 2 bridgehead atoms. The Kier molecular flexibility index (Phi) is 10.2. The minimum atomic E-state index is -1.03. The zero-order valence-corrected chi connectivity index (χ0v) is 25.1. The van der Waals surface area contributed by atoms with Gasteiger partial charge in [-0.1, -0.05) is 86.0 Å². The third-order valence-corrected chi connectivity index (χ3v) is 9.08. The molecule has 2 aliphatic rings. The van der Waals surface area contributed by atoms with Crippen molar-refractivity contribution in [3.63, 3.8) is 0 Å². The molecule has 2 aromatic carbocycles. The first kappa shape index (κ1) is 30.7. The van der Waals surface area contributed by atoms with Crippen LogP contribution in [0.1, 0.15) is 71.3 Å². The van der Waals surface area contributed by atoms with Gasteiger partial charge in [0.05, 0.1) is 4.75 Å². The van der Waals surface area contributed by atoms with Crippen molar-refractivity contribution in [3.8, 4) is 11.1 Å². The Hall–Kier alpha value is -3.26. The number of carbonyl (C=O) groups excluding carboxylic acids is 2. The number of aliphatic carboxylic acids is 1.